The minimum absolute atomic E-state index is 0.172. The van der Waals surface area contributed by atoms with Crippen LogP contribution in [0.1, 0.15) is 13.2 Å². The third-order valence-electron chi connectivity index (χ3n) is 4.63. The molecular weight excluding hydrogens is 339 g/mol. The van der Waals surface area contributed by atoms with Crippen LogP contribution in [0.5, 0.6) is 0 Å². The molecule has 2 aromatic heterocycles. The first-order valence-electron chi connectivity index (χ1n) is 8.33. The molecule has 0 aromatic carbocycles. The summed E-state index contributed by atoms with van der Waals surface area (Å²) >= 11 is 0. The van der Waals surface area contributed by atoms with E-state index in [1.807, 2.05) is 0 Å². The number of hydrogen-bond acceptors (Lipinski definition) is 6. The van der Waals surface area contributed by atoms with E-state index < -0.39 is 25.3 Å². The smallest absolute Gasteiger partial charge is 0.166 e. The Morgan fingerprint density at radius 1 is 1.48 bits per heavy atom. The number of aliphatic hydroxyl groups is 1. The summed E-state index contributed by atoms with van der Waals surface area (Å²) in [5.74, 6) is 0.172. The molecule has 5 atom stereocenters. The van der Waals surface area contributed by atoms with E-state index >= 15 is 0 Å². The SMILES string of the molecule is C=P(C)(C)CC(C)[C@H]1O[C@@H](n2cnc3c(N)ccnc32)[C@H](OC)[C@@H]1O. The Bertz CT molecular complexity index is 802. The zero-order valence-electron chi connectivity index (χ0n) is 15.2. The lowest BCUT2D eigenvalue weighted by Gasteiger charge is -2.26. The van der Waals surface area contributed by atoms with E-state index in [1.54, 1.807) is 30.3 Å². The van der Waals surface area contributed by atoms with Crippen molar-refractivity contribution in [2.45, 2.75) is 31.5 Å². The van der Waals surface area contributed by atoms with Crippen LogP contribution in [-0.2, 0) is 9.47 Å². The molecule has 8 heteroatoms. The highest BCUT2D eigenvalue weighted by atomic mass is 31.2. The van der Waals surface area contributed by atoms with Crippen molar-refractivity contribution < 1.29 is 14.6 Å². The third-order valence-corrected chi connectivity index (χ3v) is 6.20. The topological polar surface area (TPSA) is 95.4 Å². The fourth-order valence-corrected chi connectivity index (χ4v) is 5.41. The quantitative estimate of drug-likeness (QED) is 0.781. The van der Waals surface area contributed by atoms with Crippen LogP contribution in [0.3, 0.4) is 0 Å². The van der Waals surface area contributed by atoms with E-state index in [2.05, 4.69) is 36.5 Å². The van der Waals surface area contributed by atoms with Crippen molar-refractivity contribution in [3.05, 3.63) is 18.6 Å². The number of nitrogens with two attached hydrogens (primary N) is 1. The van der Waals surface area contributed by atoms with Gasteiger partial charge in [0, 0.05) is 13.3 Å². The molecule has 3 heterocycles. The lowest BCUT2D eigenvalue weighted by molar-refractivity contribution is -0.0569. The molecule has 0 bridgehead atoms. The number of nitrogen functional groups attached to an aromatic ring is 1. The van der Waals surface area contributed by atoms with Gasteiger partial charge >= 0.3 is 0 Å². The highest BCUT2D eigenvalue weighted by molar-refractivity contribution is 7.72. The van der Waals surface area contributed by atoms with Crippen molar-refractivity contribution >= 4 is 30.0 Å². The predicted molar refractivity (Wildman–Crippen MR) is 103 cm³/mol. The Balaban J connectivity index is 1.93. The predicted octanol–water partition coefficient (Wildman–Crippen LogP) is 1.63. The first-order valence-corrected chi connectivity index (χ1v) is 11.4. The van der Waals surface area contributed by atoms with Gasteiger partial charge in [-0.2, -0.15) is 0 Å². The molecule has 25 heavy (non-hydrogen) atoms. The molecule has 3 rings (SSSR count). The summed E-state index contributed by atoms with van der Waals surface area (Å²) < 4.78 is 13.6. The Kier molecular flexibility index (Phi) is 4.95. The molecule has 1 unspecified atom stereocenters. The van der Waals surface area contributed by atoms with Crippen LogP contribution in [0.4, 0.5) is 5.69 Å². The fourth-order valence-electron chi connectivity index (χ4n) is 3.65. The Hall–Kier alpha value is -1.40. The minimum atomic E-state index is -1.23. The van der Waals surface area contributed by atoms with Gasteiger partial charge in [0.1, 0.15) is 17.7 Å². The van der Waals surface area contributed by atoms with Gasteiger partial charge < -0.3 is 20.3 Å². The summed E-state index contributed by atoms with van der Waals surface area (Å²) in [6.45, 7) is 5.23. The average molecular weight is 366 g/mol. The van der Waals surface area contributed by atoms with Crippen molar-refractivity contribution in [2.24, 2.45) is 5.92 Å². The number of aromatic nitrogens is 3. The summed E-state index contributed by atoms with van der Waals surface area (Å²) in [5, 5.41) is 10.8. The van der Waals surface area contributed by atoms with Gasteiger partial charge in [0.05, 0.1) is 18.1 Å². The van der Waals surface area contributed by atoms with Crippen molar-refractivity contribution in [3.8, 4) is 0 Å². The number of rotatable bonds is 5. The highest BCUT2D eigenvalue weighted by Gasteiger charge is 2.47. The molecule has 1 aliphatic rings. The van der Waals surface area contributed by atoms with E-state index in [4.69, 9.17) is 15.2 Å². The largest absolute Gasteiger partial charge is 0.397 e. The number of methoxy groups -OCH3 is 1. The van der Waals surface area contributed by atoms with E-state index in [0.29, 0.717) is 16.9 Å². The number of ether oxygens (including phenoxy) is 2. The summed E-state index contributed by atoms with van der Waals surface area (Å²) in [4.78, 5) is 8.71. The molecule has 0 radical (unpaired) electrons. The van der Waals surface area contributed by atoms with Gasteiger partial charge in [-0.3, -0.25) is 4.57 Å². The molecule has 0 spiro atoms. The second-order valence-corrected chi connectivity index (χ2v) is 11.7. The highest BCUT2D eigenvalue weighted by Crippen LogP contribution is 2.43. The molecule has 138 valence electrons. The molecule has 0 saturated carbocycles. The summed E-state index contributed by atoms with van der Waals surface area (Å²) in [6, 6.07) is 1.71. The van der Waals surface area contributed by atoms with Gasteiger partial charge in [0.15, 0.2) is 11.9 Å². The Morgan fingerprint density at radius 2 is 2.20 bits per heavy atom. The first-order chi connectivity index (χ1) is 11.7. The molecule has 0 aliphatic carbocycles. The number of fused-ring (bicyclic) bond motifs is 1. The van der Waals surface area contributed by atoms with Crippen LogP contribution in [-0.4, -0.2) is 70.9 Å². The van der Waals surface area contributed by atoms with Crippen LogP contribution in [0.25, 0.3) is 11.2 Å². The van der Waals surface area contributed by atoms with Crippen molar-refractivity contribution in [2.75, 3.05) is 32.3 Å². The summed E-state index contributed by atoms with van der Waals surface area (Å²) in [7, 11) is 1.58. The number of pyridine rings is 1. The van der Waals surface area contributed by atoms with E-state index in [-0.39, 0.29) is 12.0 Å². The number of nitrogens with zero attached hydrogens (tertiary/aromatic N) is 3. The van der Waals surface area contributed by atoms with Gasteiger partial charge in [-0.15, -0.1) is 13.2 Å². The van der Waals surface area contributed by atoms with Gasteiger partial charge in [-0.1, -0.05) is 6.92 Å². The molecule has 1 saturated heterocycles. The molecule has 7 nitrogen and oxygen atoms in total. The molecule has 3 N–H and O–H groups in total. The van der Waals surface area contributed by atoms with Crippen LogP contribution in [0, 0.1) is 5.92 Å². The lowest BCUT2D eigenvalue weighted by atomic mass is 10.00. The number of anilines is 1. The number of imidazole rings is 1. The van der Waals surface area contributed by atoms with E-state index in [9.17, 15) is 5.11 Å². The third kappa shape index (κ3) is 3.47. The number of hydrogen-bond donors (Lipinski definition) is 2. The zero-order valence-corrected chi connectivity index (χ0v) is 16.1. The van der Waals surface area contributed by atoms with Gasteiger partial charge in [0.2, 0.25) is 0 Å². The molecule has 1 aliphatic heterocycles. The lowest BCUT2D eigenvalue weighted by Crippen LogP contribution is -2.37. The van der Waals surface area contributed by atoms with Crippen LogP contribution in [0.15, 0.2) is 18.6 Å². The maximum Gasteiger partial charge on any atom is 0.166 e. The van der Waals surface area contributed by atoms with E-state index in [1.165, 1.54) is 0 Å². The normalized spacial score (nSPS) is 28.5. The van der Waals surface area contributed by atoms with E-state index in [0.717, 1.165) is 6.16 Å². The maximum atomic E-state index is 10.8. The van der Waals surface area contributed by atoms with Crippen LogP contribution in [0.2, 0.25) is 0 Å². The van der Waals surface area contributed by atoms with Gasteiger partial charge in [-0.25, -0.2) is 9.97 Å². The van der Waals surface area contributed by atoms with Crippen molar-refractivity contribution in [1.29, 1.82) is 0 Å². The standard InChI is InChI=1S/C17H27N4O3P/c1-10(8-25(3,4)5)14-13(22)15(23-2)17(24-14)21-9-20-12-11(18)6-7-19-16(12)21/h6-7,9-10,13-15,17,22H,3,8H2,1-2,4-5H3,(H2,18,19)/t10?,13-,14-,15-,17-/m1/s1. The van der Waals surface area contributed by atoms with Crippen LogP contribution >= 0.6 is 6.89 Å². The Labute approximate surface area is 148 Å². The summed E-state index contributed by atoms with van der Waals surface area (Å²) in [6.07, 6.45) is 6.43. The first kappa shape index (κ1) is 18.4. The zero-order chi connectivity index (χ0) is 18.4. The number of aliphatic hydroxyl groups excluding tert-OH is 1. The molecule has 0 amide bonds. The fraction of sp³-hybridized carbons (Fsp3) is 0.588. The second kappa shape index (κ2) is 6.72. The maximum absolute atomic E-state index is 10.8. The Morgan fingerprint density at radius 3 is 2.84 bits per heavy atom. The van der Waals surface area contributed by atoms with Gasteiger partial charge in [0.25, 0.3) is 0 Å². The van der Waals surface area contributed by atoms with Crippen molar-refractivity contribution in [1.82, 2.24) is 14.5 Å². The summed E-state index contributed by atoms with van der Waals surface area (Å²) in [5.41, 5.74) is 7.77. The molecule has 1 fully saturated rings. The second-order valence-electron chi connectivity index (χ2n) is 7.50. The molecular formula is C17H27N4O3P. The van der Waals surface area contributed by atoms with Crippen molar-refractivity contribution in [3.63, 3.8) is 0 Å². The molecule has 2 aromatic rings. The van der Waals surface area contributed by atoms with Crippen LogP contribution < -0.4 is 5.73 Å². The minimum Gasteiger partial charge on any atom is -0.397 e. The van der Waals surface area contributed by atoms with Gasteiger partial charge in [-0.05, 0) is 31.5 Å². The monoisotopic (exact) mass is 366 g/mol. The average Bonchev–Trinajstić information content (AvgIpc) is 3.07.